The molecule has 0 unspecified atom stereocenters. The second-order valence-electron chi connectivity index (χ2n) is 13.6. The number of aliphatic hydroxyl groups excluding tert-OH is 1. The quantitative estimate of drug-likeness (QED) is 0.107. The molecule has 2 fully saturated rings. The molecule has 9 atom stereocenters. The van der Waals surface area contributed by atoms with E-state index in [0.717, 1.165) is 16.7 Å². The van der Waals surface area contributed by atoms with Crippen LogP contribution in [0.4, 0.5) is 0 Å². The highest BCUT2D eigenvalue weighted by Gasteiger charge is 2.55. The van der Waals surface area contributed by atoms with E-state index >= 15 is 0 Å². The van der Waals surface area contributed by atoms with E-state index in [4.69, 9.17) is 49.5 Å². The second kappa shape index (κ2) is 19.1. The van der Waals surface area contributed by atoms with Crippen LogP contribution in [0.2, 0.25) is 5.15 Å². The lowest BCUT2D eigenvalue weighted by Crippen LogP contribution is -2.63. The number of benzene rings is 3. The van der Waals surface area contributed by atoms with Crippen LogP contribution in [-0.2, 0) is 67.3 Å². The van der Waals surface area contributed by atoms with E-state index < -0.39 is 67.2 Å². The first-order valence-corrected chi connectivity index (χ1v) is 18.8. The molecule has 5 aromatic rings. The summed E-state index contributed by atoms with van der Waals surface area (Å²) in [6, 6.07) is 28.4. The summed E-state index contributed by atoms with van der Waals surface area (Å²) < 4.78 is 51.7. The maximum absolute atomic E-state index is 12.7. The Morgan fingerprint density at radius 2 is 1.25 bits per heavy atom. The van der Waals surface area contributed by atoms with E-state index in [-0.39, 0.29) is 38.2 Å². The third-order valence-corrected chi connectivity index (χ3v) is 9.73. The number of rotatable bonds is 16. The summed E-state index contributed by atoms with van der Waals surface area (Å²) in [5, 5.41) is 12.2. The first kappa shape index (κ1) is 40.4. The minimum absolute atomic E-state index is 0.00911. The van der Waals surface area contributed by atoms with Gasteiger partial charge >= 0.3 is 11.9 Å². The Labute approximate surface area is 333 Å². The summed E-state index contributed by atoms with van der Waals surface area (Å²) in [6.45, 7) is 2.92. The van der Waals surface area contributed by atoms with E-state index in [1.807, 2.05) is 91.0 Å². The Morgan fingerprint density at radius 1 is 0.702 bits per heavy atom. The molecule has 0 saturated carbocycles. The minimum atomic E-state index is -1.36. The van der Waals surface area contributed by atoms with E-state index in [9.17, 15) is 14.7 Å². The number of carbonyl (C=O) groups excluding carboxylic acids is 2. The van der Waals surface area contributed by atoms with Crippen LogP contribution in [0.15, 0.2) is 104 Å². The molecule has 2 aliphatic rings. The number of imidazole rings is 1. The van der Waals surface area contributed by atoms with Crippen molar-refractivity contribution in [1.82, 2.24) is 19.5 Å². The van der Waals surface area contributed by atoms with E-state index in [2.05, 4.69) is 15.0 Å². The molecule has 2 aliphatic heterocycles. The van der Waals surface area contributed by atoms with Gasteiger partial charge in [-0.2, -0.15) is 0 Å². The predicted octanol–water partition coefficient (Wildman–Crippen LogP) is 4.73. The number of esters is 2. The van der Waals surface area contributed by atoms with Crippen LogP contribution in [0.3, 0.4) is 0 Å². The van der Waals surface area contributed by atoms with E-state index in [1.54, 1.807) is 4.57 Å². The molecule has 57 heavy (non-hydrogen) atoms. The molecule has 2 saturated heterocycles. The van der Waals surface area contributed by atoms with Crippen molar-refractivity contribution in [3.05, 3.63) is 125 Å². The van der Waals surface area contributed by atoms with Crippen molar-refractivity contribution in [2.24, 2.45) is 0 Å². The number of ether oxygens (including phenoxy) is 8. The van der Waals surface area contributed by atoms with Gasteiger partial charge < -0.3 is 43.0 Å². The van der Waals surface area contributed by atoms with Crippen molar-refractivity contribution in [3.63, 3.8) is 0 Å². The number of fused-ring (bicyclic) bond motifs is 1. The first-order chi connectivity index (χ1) is 27.7. The second-order valence-corrected chi connectivity index (χ2v) is 14.0. The largest absolute Gasteiger partial charge is 0.456 e. The average molecular weight is 803 g/mol. The van der Waals surface area contributed by atoms with Crippen molar-refractivity contribution in [1.29, 1.82) is 0 Å². The van der Waals surface area contributed by atoms with Gasteiger partial charge in [-0.1, -0.05) is 103 Å². The van der Waals surface area contributed by atoms with Crippen LogP contribution in [0.5, 0.6) is 0 Å². The highest BCUT2D eigenvalue weighted by Crippen LogP contribution is 2.38. The monoisotopic (exact) mass is 802 g/mol. The number of aromatic nitrogens is 4. The fourth-order valence-corrected chi connectivity index (χ4v) is 7.05. The van der Waals surface area contributed by atoms with Crippen LogP contribution in [-0.4, -0.2) is 98.8 Å². The van der Waals surface area contributed by atoms with Crippen molar-refractivity contribution < 1.29 is 52.6 Å². The molecule has 7 rings (SSSR count). The van der Waals surface area contributed by atoms with Crippen molar-refractivity contribution in [2.45, 2.75) is 88.9 Å². The van der Waals surface area contributed by atoms with Gasteiger partial charge in [0.05, 0.1) is 39.4 Å². The Kier molecular flexibility index (Phi) is 13.5. The van der Waals surface area contributed by atoms with Gasteiger partial charge in [0.2, 0.25) is 0 Å². The maximum atomic E-state index is 12.7. The molecule has 0 amide bonds. The zero-order chi connectivity index (χ0) is 39.7. The average Bonchev–Trinajstić information content (AvgIpc) is 3.77. The number of nitrogens with zero attached hydrogens (tertiary/aromatic N) is 4. The highest BCUT2D eigenvalue weighted by atomic mass is 35.5. The summed E-state index contributed by atoms with van der Waals surface area (Å²) >= 11 is 6.31. The summed E-state index contributed by atoms with van der Waals surface area (Å²) in [4.78, 5) is 38.0. The van der Waals surface area contributed by atoms with Crippen LogP contribution in [0.25, 0.3) is 11.2 Å². The normalized spacial score (nSPS) is 26.0. The van der Waals surface area contributed by atoms with Gasteiger partial charge in [0, 0.05) is 13.8 Å². The van der Waals surface area contributed by atoms with E-state index in [0.29, 0.717) is 11.2 Å². The molecule has 2 aromatic heterocycles. The number of hydrogen-bond donors (Lipinski definition) is 1. The lowest BCUT2D eigenvalue weighted by atomic mass is 9.97. The van der Waals surface area contributed by atoms with E-state index in [1.165, 1.54) is 26.5 Å². The zero-order valence-corrected chi connectivity index (χ0v) is 32.0. The number of carbonyl (C=O) groups is 2. The zero-order valence-electron chi connectivity index (χ0n) is 31.2. The number of aliphatic hydroxyl groups is 1. The minimum Gasteiger partial charge on any atom is -0.456 e. The van der Waals surface area contributed by atoms with Crippen molar-refractivity contribution in [3.8, 4) is 0 Å². The SMILES string of the molecule is CC(=O)O[C@@H]1[C@@H](OCc2ccccc2)[C@@H](O[C@H]2[C@@H](O)[C@H](n3cnc4c(Cl)ncnc43)O[C@@H]2COCc2ccccc2)O[C@H](COCc2ccccc2)[C@H]1OC(C)=O. The summed E-state index contributed by atoms with van der Waals surface area (Å²) in [6.07, 6.45) is -7.58. The van der Waals surface area contributed by atoms with Crippen LogP contribution < -0.4 is 0 Å². The molecule has 15 nitrogen and oxygen atoms in total. The molecular weight excluding hydrogens is 760 g/mol. The van der Waals surface area contributed by atoms with Gasteiger partial charge in [0.1, 0.15) is 42.4 Å². The first-order valence-electron chi connectivity index (χ1n) is 18.5. The molecule has 16 heteroatoms. The summed E-state index contributed by atoms with van der Waals surface area (Å²) in [5.41, 5.74) is 3.29. The lowest BCUT2D eigenvalue weighted by Gasteiger charge is -2.45. The molecule has 0 bridgehead atoms. The third kappa shape index (κ3) is 10.0. The fraction of sp³-hybridized carbons (Fsp3) is 0.390. The van der Waals surface area contributed by atoms with Crippen LogP contribution >= 0.6 is 11.6 Å². The topological polar surface area (TPSA) is 172 Å². The molecule has 4 heterocycles. The molecular formula is C41H43ClN4O11. The number of hydrogen-bond acceptors (Lipinski definition) is 14. The third-order valence-electron chi connectivity index (χ3n) is 9.46. The van der Waals surface area contributed by atoms with Gasteiger partial charge in [-0.15, -0.1) is 0 Å². The van der Waals surface area contributed by atoms with Crippen LogP contribution in [0, 0.1) is 0 Å². The van der Waals surface area contributed by atoms with Gasteiger partial charge in [-0.05, 0) is 16.7 Å². The molecule has 0 aliphatic carbocycles. The van der Waals surface area contributed by atoms with Crippen molar-refractivity contribution >= 4 is 34.7 Å². The Balaban J connectivity index is 1.21. The standard InChI is InChI=1S/C41H43ClN4O11/c1-25(47)53-35-31(22-51-19-28-14-8-4-9-15-28)56-41(37(36(35)54-26(2)48)52-20-29-16-10-5-11-17-29)57-34-30(21-50-18-27-12-6-3-7-13-27)55-40(33(34)49)46-24-45-32-38(42)43-23-44-39(32)46/h3-17,23-24,30-31,33-37,40-41,49H,18-22H2,1-2H3/t30-,31-,33-,34-,35-,36+,37-,40-,41-/m1/s1. The van der Waals surface area contributed by atoms with Gasteiger partial charge in [-0.25, -0.2) is 15.0 Å². The molecule has 0 spiro atoms. The Hall–Kier alpha value is -4.84. The fourth-order valence-electron chi connectivity index (χ4n) is 6.87. The maximum Gasteiger partial charge on any atom is 0.303 e. The van der Waals surface area contributed by atoms with Crippen molar-refractivity contribution in [2.75, 3.05) is 13.2 Å². The number of halogens is 1. The van der Waals surface area contributed by atoms with Crippen LogP contribution in [0.1, 0.15) is 36.8 Å². The molecule has 300 valence electrons. The summed E-state index contributed by atoms with van der Waals surface area (Å²) in [7, 11) is 0. The lowest BCUT2D eigenvalue weighted by molar-refractivity contribution is -0.331. The molecule has 3 aromatic carbocycles. The Morgan fingerprint density at radius 3 is 1.82 bits per heavy atom. The highest BCUT2D eigenvalue weighted by molar-refractivity contribution is 6.33. The predicted molar refractivity (Wildman–Crippen MR) is 202 cm³/mol. The molecule has 1 N–H and O–H groups in total. The molecule has 0 radical (unpaired) electrons. The van der Waals surface area contributed by atoms with Gasteiger partial charge in [-0.3, -0.25) is 14.2 Å². The smallest absolute Gasteiger partial charge is 0.303 e. The van der Waals surface area contributed by atoms with Gasteiger partial charge in [0.25, 0.3) is 0 Å². The summed E-state index contributed by atoms with van der Waals surface area (Å²) in [5.74, 6) is -1.29. The van der Waals surface area contributed by atoms with Gasteiger partial charge in [0.15, 0.2) is 35.5 Å². The Bertz CT molecular complexity index is 2060.